The lowest BCUT2D eigenvalue weighted by molar-refractivity contribution is -0.0985. The number of hydrogen-bond donors (Lipinski definition) is 2. The van der Waals surface area contributed by atoms with Crippen LogP contribution < -0.4 is 5.73 Å². The Morgan fingerprint density at radius 3 is 2.81 bits per heavy atom. The van der Waals surface area contributed by atoms with Crippen LogP contribution in [-0.4, -0.2) is 41.8 Å². The molecular formula is C18H28N2O. The second kappa shape index (κ2) is 5.38. The fourth-order valence-electron chi connectivity index (χ4n) is 4.57. The summed E-state index contributed by atoms with van der Waals surface area (Å²) >= 11 is 0. The van der Waals surface area contributed by atoms with Crippen molar-refractivity contribution in [3.8, 4) is 0 Å². The molecule has 0 aromatic heterocycles. The van der Waals surface area contributed by atoms with Crippen molar-refractivity contribution in [1.29, 1.82) is 0 Å². The van der Waals surface area contributed by atoms with Crippen molar-refractivity contribution < 1.29 is 5.11 Å². The molecule has 3 N–H and O–H groups in total. The van der Waals surface area contributed by atoms with Crippen LogP contribution in [0.15, 0.2) is 24.3 Å². The topological polar surface area (TPSA) is 49.5 Å². The minimum atomic E-state index is -0.676. The molecule has 1 aromatic rings. The Kier molecular flexibility index (Phi) is 3.85. The number of nitrogens with zero attached hydrogens (tertiary/aromatic N) is 1. The van der Waals surface area contributed by atoms with Crippen molar-refractivity contribution in [3.05, 3.63) is 35.4 Å². The van der Waals surface area contributed by atoms with Crippen LogP contribution in [-0.2, 0) is 11.8 Å². The highest BCUT2D eigenvalue weighted by molar-refractivity contribution is 5.40. The first-order valence-corrected chi connectivity index (χ1v) is 8.23. The van der Waals surface area contributed by atoms with Crippen molar-refractivity contribution in [1.82, 2.24) is 4.90 Å². The van der Waals surface area contributed by atoms with Gasteiger partial charge in [-0.25, -0.2) is 0 Å². The van der Waals surface area contributed by atoms with Gasteiger partial charge in [-0.05, 0) is 57.2 Å². The Bertz CT molecular complexity index is 518. The number of likely N-dealkylation sites (tertiary alicyclic amines) is 1. The zero-order valence-corrected chi connectivity index (χ0v) is 13.3. The van der Waals surface area contributed by atoms with Gasteiger partial charge in [-0.15, -0.1) is 0 Å². The van der Waals surface area contributed by atoms with E-state index < -0.39 is 5.60 Å². The van der Waals surface area contributed by atoms with Crippen LogP contribution >= 0.6 is 0 Å². The first kappa shape index (κ1) is 15.0. The van der Waals surface area contributed by atoms with Crippen molar-refractivity contribution in [3.63, 3.8) is 0 Å². The second-order valence-corrected chi connectivity index (χ2v) is 7.11. The summed E-state index contributed by atoms with van der Waals surface area (Å²) < 4.78 is 0. The molecule has 3 heteroatoms. The first-order valence-electron chi connectivity index (χ1n) is 8.23. The van der Waals surface area contributed by atoms with Crippen molar-refractivity contribution in [2.75, 3.05) is 20.1 Å². The summed E-state index contributed by atoms with van der Waals surface area (Å²) in [5.74, 6) is 0. The van der Waals surface area contributed by atoms with E-state index in [9.17, 15) is 5.11 Å². The van der Waals surface area contributed by atoms with Crippen LogP contribution in [0.25, 0.3) is 0 Å². The van der Waals surface area contributed by atoms with E-state index >= 15 is 0 Å². The Morgan fingerprint density at radius 1 is 1.33 bits per heavy atom. The Balaban J connectivity index is 2.05. The summed E-state index contributed by atoms with van der Waals surface area (Å²) in [5, 5.41) is 11.6. The average Bonchev–Trinajstić information content (AvgIpc) is 2.50. The molecule has 1 saturated heterocycles. The standard InChI is InChI=1S/C18H28N2O/c1-14-12-18(21,10-11-20(14)2)17(13-19)9-5-7-15-6-3-4-8-16(15)17/h3-4,6,8,14,21H,5,7,9-13,19H2,1-2H3. The molecule has 1 aliphatic heterocycles. The smallest absolute Gasteiger partial charge is 0.0783 e. The average molecular weight is 288 g/mol. The van der Waals surface area contributed by atoms with Gasteiger partial charge in [-0.1, -0.05) is 24.3 Å². The molecule has 1 aliphatic carbocycles. The monoisotopic (exact) mass is 288 g/mol. The van der Waals surface area contributed by atoms with Gasteiger partial charge in [0.15, 0.2) is 0 Å². The van der Waals surface area contributed by atoms with Crippen LogP contribution in [0, 0.1) is 0 Å². The zero-order valence-electron chi connectivity index (χ0n) is 13.3. The lowest BCUT2D eigenvalue weighted by Crippen LogP contribution is -2.62. The number of fused-ring (bicyclic) bond motifs is 1. The summed E-state index contributed by atoms with van der Waals surface area (Å²) in [6.45, 7) is 3.70. The highest BCUT2D eigenvalue weighted by Gasteiger charge is 2.53. The summed E-state index contributed by atoms with van der Waals surface area (Å²) in [7, 11) is 2.15. The number of benzene rings is 1. The molecule has 0 saturated carbocycles. The summed E-state index contributed by atoms with van der Waals surface area (Å²) in [6.07, 6.45) is 4.88. The van der Waals surface area contributed by atoms with E-state index in [2.05, 4.69) is 43.1 Å². The van der Waals surface area contributed by atoms with E-state index in [1.54, 1.807) is 0 Å². The van der Waals surface area contributed by atoms with E-state index in [0.717, 1.165) is 38.6 Å². The van der Waals surface area contributed by atoms with E-state index in [-0.39, 0.29) is 5.41 Å². The minimum Gasteiger partial charge on any atom is -0.389 e. The van der Waals surface area contributed by atoms with Gasteiger partial charge < -0.3 is 15.7 Å². The summed E-state index contributed by atoms with van der Waals surface area (Å²) in [4.78, 5) is 2.34. The third kappa shape index (κ3) is 2.23. The largest absolute Gasteiger partial charge is 0.389 e. The van der Waals surface area contributed by atoms with Crippen molar-refractivity contribution >= 4 is 0 Å². The zero-order chi connectivity index (χ0) is 15.1. The number of aryl methyl sites for hydroxylation is 1. The highest BCUT2D eigenvalue weighted by Crippen LogP contribution is 2.49. The molecule has 0 amide bonds. The predicted octanol–water partition coefficient (Wildman–Crippen LogP) is 2.06. The molecule has 3 atom stereocenters. The number of aliphatic hydroxyl groups is 1. The lowest BCUT2D eigenvalue weighted by Gasteiger charge is -2.54. The minimum absolute atomic E-state index is 0.267. The molecule has 1 aromatic carbocycles. The fraction of sp³-hybridized carbons (Fsp3) is 0.667. The molecule has 3 nitrogen and oxygen atoms in total. The molecule has 0 bridgehead atoms. The second-order valence-electron chi connectivity index (χ2n) is 7.11. The van der Waals surface area contributed by atoms with Gasteiger partial charge in [0, 0.05) is 24.5 Å². The van der Waals surface area contributed by atoms with Crippen molar-refractivity contribution in [2.24, 2.45) is 5.73 Å². The third-order valence-corrected chi connectivity index (χ3v) is 6.09. The molecular weight excluding hydrogens is 260 g/mol. The Morgan fingerprint density at radius 2 is 2.10 bits per heavy atom. The molecule has 0 spiro atoms. The molecule has 1 fully saturated rings. The highest BCUT2D eigenvalue weighted by atomic mass is 16.3. The van der Waals surface area contributed by atoms with Gasteiger partial charge in [0.1, 0.15) is 0 Å². The molecule has 21 heavy (non-hydrogen) atoms. The Hall–Kier alpha value is -0.900. The number of rotatable bonds is 2. The SMILES string of the molecule is CC1CC(O)(C2(CN)CCCc3ccccc32)CCN1C. The van der Waals surface area contributed by atoms with Crippen LogP contribution in [0.4, 0.5) is 0 Å². The van der Waals surface area contributed by atoms with Gasteiger partial charge in [0.2, 0.25) is 0 Å². The molecule has 3 rings (SSSR count). The molecule has 3 unspecified atom stereocenters. The maximum Gasteiger partial charge on any atom is 0.0783 e. The van der Waals surface area contributed by atoms with Crippen molar-refractivity contribution in [2.45, 2.75) is 56.1 Å². The number of piperidine rings is 1. The lowest BCUT2D eigenvalue weighted by atomic mass is 9.57. The van der Waals surface area contributed by atoms with E-state index in [0.29, 0.717) is 12.6 Å². The number of hydrogen-bond acceptors (Lipinski definition) is 3. The van der Waals surface area contributed by atoms with Gasteiger partial charge in [0.25, 0.3) is 0 Å². The molecule has 0 radical (unpaired) electrons. The summed E-state index contributed by atoms with van der Waals surface area (Å²) in [5.41, 5.74) is 8.02. The van der Waals surface area contributed by atoms with Gasteiger partial charge in [-0.2, -0.15) is 0 Å². The maximum atomic E-state index is 11.6. The van der Waals surface area contributed by atoms with Gasteiger partial charge in [0.05, 0.1) is 5.60 Å². The van der Waals surface area contributed by atoms with E-state index in [4.69, 9.17) is 5.73 Å². The predicted molar refractivity (Wildman–Crippen MR) is 86.4 cm³/mol. The molecule has 2 aliphatic rings. The Labute approximate surface area is 128 Å². The van der Waals surface area contributed by atoms with Gasteiger partial charge >= 0.3 is 0 Å². The van der Waals surface area contributed by atoms with E-state index in [1.807, 2.05) is 0 Å². The molecule has 1 heterocycles. The normalized spacial score (nSPS) is 37.2. The molecule has 116 valence electrons. The third-order valence-electron chi connectivity index (χ3n) is 6.09. The van der Waals surface area contributed by atoms with Crippen LogP contribution in [0.3, 0.4) is 0 Å². The van der Waals surface area contributed by atoms with Gasteiger partial charge in [-0.3, -0.25) is 0 Å². The maximum absolute atomic E-state index is 11.6. The van der Waals surface area contributed by atoms with E-state index in [1.165, 1.54) is 11.1 Å². The van der Waals surface area contributed by atoms with Crippen LogP contribution in [0.2, 0.25) is 0 Å². The van der Waals surface area contributed by atoms with Crippen LogP contribution in [0.1, 0.15) is 43.7 Å². The van der Waals surface area contributed by atoms with Crippen LogP contribution in [0.5, 0.6) is 0 Å². The first-order chi connectivity index (χ1) is 10.0. The number of nitrogens with two attached hydrogens (primary N) is 1. The summed E-state index contributed by atoms with van der Waals surface area (Å²) in [6, 6.07) is 9.01. The fourth-order valence-corrected chi connectivity index (χ4v) is 4.57. The quantitative estimate of drug-likeness (QED) is 0.876.